The third kappa shape index (κ3) is 4.32. The number of rotatable bonds is 7. The fourth-order valence-electron chi connectivity index (χ4n) is 1.93. The van der Waals surface area contributed by atoms with E-state index < -0.39 is 14.9 Å². The van der Waals surface area contributed by atoms with E-state index in [-0.39, 0.29) is 22.3 Å². The predicted molar refractivity (Wildman–Crippen MR) is 85.5 cm³/mol. The van der Waals surface area contributed by atoms with Gasteiger partial charge in [-0.1, -0.05) is 0 Å². The number of hydrogen-bond donors (Lipinski definition) is 2. The van der Waals surface area contributed by atoms with Crippen molar-refractivity contribution in [2.75, 3.05) is 24.4 Å². The Bertz CT molecular complexity index is 632. The molecular weight excluding hydrogens is 314 g/mol. The summed E-state index contributed by atoms with van der Waals surface area (Å²) in [6, 6.07) is 2.30. The minimum atomic E-state index is -3.79. The maximum atomic E-state index is 12.3. The molecule has 0 bridgehead atoms. The molecule has 0 amide bonds. The van der Waals surface area contributed by atoms with Crippen molar-refractivity contribution < 1.29 is 13.3 Å². The Morgan fingerprint density at radius 2 is 2.05 bits per heavy atom. The highest BCUT2D eigenvalue weighted by molar-refractivity contribution is 7.98. The van der Waals surface area contributed by atoms with Crippen molar-refractivity contribution in [3.63, 3.8) is 0 Å². The van der Waals surface area contributed by atoms with Crippen LogP contribution >= 0.6 is 11.8 Å². The summed E-state index contributed by atoms with van der Waals surface area (Å²) < 4.78 is 27.2. The number of nitrogens with zero attached hydrogens (tertiary/aromatic N) is 1. The molecule has 1 rings (SSSR count). The molecule has 7 nitrogen and oxygen atoms in total. The maximum Gasteiger partial charge on any atom is 0.293 e. The van der Waals surface area contributed by atoms with E-state index in [2.05, 4.69) is 10.0 Å². The van der Waals surface area contributed by atoms with E-state index in [1.54, 1.807) is 20.9 Å². The topological polar surface area (TPSA) is 101 Å². The second-order valence-corrected chi connectivity index (χ2v) is 7.21. The molecule has 21 heavy (non-hydrogen) atoms. The number of thioether (sulfide) groups is 1. The van der Waals surface area contributed by atoms with Crippen molar-refractivity contribution in [3.05, 3.63) is 27.8 Å². The van der Waals surface area contributed by atoms with Crippen molar-refractivity contribution in [2.24, 2.45) is 0 Å². The normalized spacial score (nSPS) is 13.0. The van der Waals surface area contributed by atoms with Gasteiger partial charge in [-0.05, 0) is 31.7 Å². The molecule has 2 N–H and O–H groups in total. The molecule has 1 aromatic carbocycles. The Kier molecular flexibility index (Phi) is 5.99. The van der Waals surface area contributed by atoms with Gasteiger partial charge < -0.3 is 5.32 Å². The lowest BCUT2D eigenvalue weighted by atomic mass is 10.2. The number of aryl methyl sites for hydroxylation is 1. The summed E-state index contributed by atoms with van der Waals surface area (Å²) in [4.78, 5) is 10.4. The first kappa shape index (κ1) is 17.7. The lowest BCUT2D eigenvalue weighted by molar-refractivity contribution is -0.384. The van der Waals surface area contributed by atoms with Crippen LogP contribution in [0.3, 0.4) is 0 Å². The first-order valence-electron chi connectivity index (χ1n) is 6.21. The van der Waals surface area contributed by atoms with E-state index in [1.807, 2.05) is 6.26 Å². The van der Waals surface area contributed by atoms with Crippen LogP contribution in [0.2, 0.25) is 0 Å². The molecule has 0 spiro atoms. The molecule has 1 atom stereocenters. The molecule has 0 aromatic heterocycles. The zero-order valence-electron chi connectivity index (χ0n) is 12.3. The molecule has 0 saturated carbocycles. The SMILES string of the molecule is CNc1cc(C)c(S(=O)(=O)NC(C)CSC)cc1[N+](=O)[O-]. The molecular formula is C12H19N3O4S2. The molecule has 118 valence electrons. The molecule has 0 aliphatic heterocycles. The average molecular weight is 333 g/mol. The monoisotopic (exact) mass is 333 g/mol. The Morgan fingerprint density at radius 3 is 2.52 bits per heavy atom. The molecule has 0 saturated heterocycles. The van der Waals surface area contributed by atoms with Crippen molar-refractivity contribution in [1.82, 2.24) is 4.72 Å². The third-order valence-electron chi connectivity index (χ3n) is 2.82. The molecule has 0 aliphatic carbocycles. The summed E-state index contributed by atoms with van der Waals surface area (Å²) in [6.07, 6.45) is 1.88. The Morgan fingerprint density at radius 1 is 1.43 bits per heavy atom. The number of nitro benzene ring substituents is 1. The number of nitro groups is 1. The molecule has 9 heteroatoms. The highest BCUT2D eigenvalue weighted by Crippen LogP contribution is 2.30. The van der Waals surface area contributed by atoms with E-state index in [1.165, 1.54) is 17.8 Å². The largest absolute Gasteiger partial charge is 0.383 e. The van der Waals surface area contributed by atoms with Crippen molar-refractivity contribution >= 4 is 33.2 Å². The number of anilines is 1. The van der Waals surface area contributed by atoms with Crippen LogP contribution in [0.25, 0.3) is 0 Å². The standard InChI is InChI=1S/C12H19N3O4S2/c1-8-5-10(13-3)11(15(16)17)6-12(8)21(18,19)14-9(2)7-20-4/h5-6,9,13-14H,7H2,1-4H3. The van der Waals surface area contributed by atoms with Gasteiger partial charge in [-0.2, -0.15) is 11.8 Å². The maximum absolute atomic E-state index is 12.3. The number of hydrogen-bond acceptors (Lipinski definition) is 6. The summed E-state index contributed by atoms with van der Waals surface area (Å²) in [5.74, 6) is 0.620. The fourth-order valence-corrected chi connectivity index (χ4v) is 4.11. The van der Waals surface area contributed by atoms with Gasteiger partial charge in [-0.15, -0.1) is 0 Å². The predicted octanol–water partition coefficient (Wildman–Crippen LogP) is 1.97. The molecule has 0 fully saturated rings. The van der Waals surface area contributed by atoms with Gasteiger partial charge in [-0.25, -0.2) is 13.1 Å². The zero-order valence-corrected chi connectivity index (χ0v) is 14.0. The molecule has 1 aromatic rings. The molecule has 0 radical (unpaired) electrons. The highest BCUT2D eigenvalue weighted by atomic mass is 32.2. The molecule has 0 heterocycles. The zero-order chi connectivity index (χ0) is 16.2. The van der Waals surface area contributed by atoms with Gasteiger partial charge in [0.25, 0.3) is 5.69 Å². The van der Waals surface area contributed by atoms with Crippen LogP contribution in [-0.2, 0) is 10.0 Å². The van der Waals surface area contributed by atoms with Crippen LogP contribution in [-0.4, -0.2) is 38.4 Å². The van der Waals surface area contributed by atoms with Gasteiger partial charge in [0.1, 0.15) is 5.69 Å². The number of benzene rings is 1. The van der Waals surface area contributed by atoms with Gasteiger partial charge in [0, 0.05) is 24.9 Å². The van der Waals surface area contributed by atoms with Crippen molar-refractivity contribution in [3.8, 4) is 0 Å². The van der Waals surface area contributed by atoms with Crippen LogP contribution in [0.5, 0.6) is 0 Å². The average Bonchev–Trinajstić information content (AvgIpc) is 2.37. The van der Waals surface area contributed by atoms with Gasteiger partial charge in [-0.3, -0.25) is 10.1 Å². The first-order chi connectivity index (χ1) is 9.72. The minimum Gasteiger partial charge on any atom is -0.383 e. The van der Waals surface area contributed by atoms with Gasteiger partial charge in [0.05, 0.1) is 9.82 Å². The second-order valence-electron chi connectivity index (χ2n) is 4.62. The van der Waals surface area contributed by atoms with E-state index in [0.717, 1.165) is 6.07 Å². The smallest absolute Gasteiger partial charge is 0.293 e. The van der Waals surface area contributed by atoms with Crippen molar-refractivity contribution in [1.29, 1.82) is 0 Å². The van der Waals surface area contributed by atoms with Gasteiger partial charge >= 0.3 is 0 Å². The second kappa shape index (κ2) is 7.10. The fraction of sp³-hybridized carbons (Fsp3) is 0.500. The van der Waals surface area contributed by atoms with Crippen LogP contribution < -0.4 is 10.0 Å². The number of sulfonamides is 1. The van der Waals surface area contributed by atoms with Crippen LogP contribution in [0.1, 0.15) is 12.5 Å². The van der Waals surface area contributed by atoms with E-state index in [0.29, 0.717) is 11.3 Å². The molecule has 0 aliphatic rings. The summed E-state index contributed by atoms with van der Waals surface area (Å²) >= 11 is 1.52. The molecule has 1 unspecified atom stereocenters. The highest BCUT2D eigenvalue weighted by Gasteiger charge is 2.24. The summed E-state index contributed by atoms with van der Waals surface area (Å²) in [7, 11) is -2.24. The van der Waals surface area contributed by atoms with E-state index in [4.69, 9.17) is 0 Å². The minimum absolute atomic E-state index is 0.0684. The van der Waals surface area contributed by atoms with Gasteiger partial charge in [0.15, 0.2) is 0 Å². The van der Waals surface area contributed by atoms with E-state index in [9.17, 15) is 18.5 Å². The lowest BCUT2D eigenvalue weighted by Gasteiger charge is -2.15. The summed E-state index contributed by atoms with van der Waals surface area (Å²) in [5.41, 5.74) is 0.475. The summed E-state index contributed by atoms with van der Waals surface area (Å²) in [5, 5.41) is 13.7. The van der Waals surface area contributed by atoms with Gasteiger partial charge in [0.2, 0.25) is 10.0 Å². The van der Waals surface area contributed by atoms with E-state index >= 15 is 0 Å². The number of nitrogens with one attached hydrogen (secondary N) is 2. The summed E-state index contributed by atoms with van der Waals surface area (Å²) in [6.45, 7) is 3.36. The van der Waals surface area contributed by atoms with Crippen LogP contribution in [0.4, 0.5) is 11.4 Å². The van der Waals surface area contributed by atoms with Crippen LogP contribution in [0.15, 0.2) is 17.0 Å². The Hall–Kier alpha value is -1.32. The quantitative estimate of drug-likeness (QED) is 0.584. The first-order valence-corrected chi connectivity index (χ1v) is 9.08. The third-order valence-corrected chi connectivity index (χ3v) is 5.39. The lowest BCUT2D eigenvalue weighted by Crippen LogP contribution is -2.34. The van der Waals surface area contributed by atoms with Crippen LogP contribution in [0, 0.1) is 17.0 Å². The van der Waals surface area contributed by atoms with Crippen molar-refractivity contribution in [2.45, 2.75) is 24.8 Å². The Balaban J connectivity index is 3.29. The Labute approximate surface area is 128 Å².